The fourth-order valence-corrected chi connectivity index (χ4v) is 2.71. The van der Waals surface area contributed by atoms with Gasteiger partial charge in [-0.25, -0.2) is 4.98 Å². The summed E-state index contributed by atoms with van der Waals surface area (Å²) in [5.74, 6) is 0.488. The van der Waals surface area contributed by atoms with Crippen LogP contribution in [0.15, 0.2) is 35.1 Å². The molecule has 2 N–H and O–H groups in total. The number of hydrogen-bond donors (Lipinski definition) is 2. The quantitative estimate of drug-likeness (QED) is 0.901. The molecule has 0 saturated carbocycles. The van der Waals surface area contributed by atoms with Gasteiger partial charge in [0.1, 0.15) is 0 Å². The standard InChI is InChI=1S/C17H23N5O/c1-3-13-12-16(23)20-17(18-13)19-14-4-6-15(7-5-14)22-10-8-21(2)9-11-22/h4-7,12H,3,8-11H2,1-2H3,(H2,18,19,20,23). The summed E-state index contributed by atoms with van der Waals surface area (Å²) in [5.41, 5.74) is 2.80. The van der Waals surface area contributed by atoms with E-state index in [1.165, 1.54) is 11.8 Å². The van der Waals surface area contributed by atoms with Crippen LogP contribution in [0, 0.1) is 0 Å². The van der Waals surface area contributed by atoms with Gasteiger partial charge in [-0.05, 0) is 37.7 Å². The number of aromatic amines is 1. The van der Waals surface area contributed by atoms with Gasteiger partial charge in [0, 0.05) is 49.3 Å². The third-order valence-electron chi connectivity index (χ3n) is 4.16. The molecule has 1 aromatic carbocycles. The fraction of sp³-hybridized carbons (Fsp3) is 0.412. The van der Waals surface area contributed by atoms with E-state index in [0.29, 0.717) is 5.95 Å². The number of hydrogen-bond acceptors (Lipinski definition) is 5. The van der Waals surface area contributed by atoms with Crippen molar-refractivity contribution in [3.63, 3.8) is 0 Å². The number of aryl methyl sites for hydroxylation is 1. The van der Waals surface area contributed by atoms with Crippen molar-refractivity contribution in [2.24, 2.45) is 0 Å². The summed E-state index contributed by atoms with van der Waals surface area (Å²) < 4.78 is 0. The highest BCUT2D eigenvalue weighted by atomic mass is 16.1. The Hall–Kier alpha value is -2.34. The number of H-pyrrole nitrogens is 1. The van der Waals surface area contributed by atoms with Gasteiger partial charge < -0.3 is 15.1 Å². The van der Waals surface area contributed by atoms with Crippen LogP contribution in [0.2, 0.25) is 0 Å². The number of nitrogens with zero attached hydrogens (tertiary/aromatic N) is 3. The normalized spacial score (nSPS) is 15.7. The van der Waals surface area contributed by atoms with Gasteiger partial charge in [-0.2, -0.15) is 0 Å². The molecule has 1 aromatic heterocycles. The Labute approximate surface area is 136 Å². The predicted molar refractivity (Wildman–Crippen MR) is 93.7 cm³/mol. The number of benzene rings is 1. The minimum Gasteiger partial charge on any atom is -0.369 e. The van der Waals surface area contributed by atoms with Crippen LogP contribution in [0.25, 0.3) is 0 Å². The first-order valence-corrected chi connectivity index (χ1v) is 8.05. The molecule has 0 unspecified atom stereocenters. The van der Waals surface area contributed by atoms with Gasteiger partial charge in [-0.15, -0.1) is 0 Å². The van der Waals surface area contributed by atoms with Crippen molar-refractivity contribution in [1.29, 1.82) is 0 Å². The van der Waals surface area contributed by atoms with E-state index in [4.69, 9.17) is 0 Å². The molecule has 2 heterocycles. The van der Waals surface area contributed by atoms with Gasteiger partial charge in [-0.3, -0.25) is 9.78 Å². The van der Waals surface area contributed by atoms with Crippen LogP contribution in [0.1, 0.15) is 12.6 Å². The third kappa shape index (κ3) is 3.90. The van der Waals surface area contributed by atoms with E-state index in [-0.39, 0.29) is 5.56 Å². The predicted octanol–water partition coefficient (Wildman–Crippen LogP) is 1.83. The molecule has 1 saturated heterocycles. The van der Waals surface area contributed by atoms with Crippen LogP contribution >= 0.6 is 0 Å². The van der Waals surface area contributed by atoms with Gasteiger partial charge in [-0.1, -0.05) is 6.92 Å². The summed E-state index contributed by atoms with van der Waals surface area (Å²) in [6, 6.07) is 9.78. The minimum absolute atomic E-state index is 0.131. The first-order valence-electron chi connectivity index (χ1n) is 8.05. The van der Waals surface area contributed by atoms with Gasteiger partial charge in [0.05, 0.1) is 0 Å². The molecule has 0 aliphatic carbocycles. The Bertz CT molecular complexity index is 702. The summed E-state index contributed by atoms with van der Waals surface area (Å²) in [5, 5.41) is 3.16. The van der Waals surface area contributed by atoms with Crippen molar-refractivity contribution in [3.8, 4) is 0 Å². The molecule has 1 aliphatic heterocycles. The van der Waals surface area contributed by atoms with Crippen molar-refractivity contribution in [1.82, 2.24) is 14.9 Å². The molecule has 0 bridgehead atoms. The molecule has 6 heteroatoms. The smallest absolute Gasteiger partial charge is 0.252 e. The molecule has 23 heavy (non-hydrogen) atoms. The Morgan fingerprint density at radius 1 is 1.17 bits per heavy atom. The number of rotatable bonds is 4. The molecule has 1 fully saturated rings. The van der Waals surface area contributed by atoms with E-state index in [0.717, 1.165) is 44.0 Å². The summed E-state index contributed by atoms with van der Waals surface area (Å²) in [6.45, 7) is 6.27. The van der Waals surface area contributed by atoms with Crippen LogP contribution in [0.3, 0.4) is 0 Å². The number of piperazine rings is 1. The number of anilines is 3. The molecule has 0 amide bonds. The Kier molecular flexibility index (Phi) is 4.62. The second kappa shape index (κ2) is 6.83. The summed E-state index contributed by atoms with van der Waals surface area (Å²) in [6.07, 6.45) is 0.737. The van der Waals surface area contributed by atoms with Crippen LogP contribution in [-0.4, -0.2) is 48.1 Å². The lowest BCUT2D eigenvalue weighted by molar-refractivity contribution is 0.313. The van der Waals surface area contributed by atoms with Crippen molar-refractivity contribution >= 4 is 17.3 Å². The molecule has 1 aliphatic rings. The van der Waals surface area contributed by atoms with E-state index in [1.807, 2.05) is 19.1 Å². The number of aromatic nitrogens is 2. The highest BCUT2D eigenvalue weighted by Crippen LogP contribution is 2.20. The molecule has 2 aromatic rings. The average Bonchev–Trinajstić information content (AvgIpc) is 2.56. The van der Waals surface area contributed by atoms with Crippen molar-refractivity contribution in [2.45, 2.75) is 13.3 Å². The first kappa shape index (κ1) is 15.6. The van der Waals surface area contributed by atoms with Gasteiger partial charge in [0.2, 0.25) is 5.95 Å². The highest BCUT2D eigenvalue weighted by Gasteiger charge is 2.13. The van der Waals surface area contributed by atoms with E-state index < -0.39 is 0 Å². The summed E-state index contributed by atoms with van der Waals surface area (Å²) >= 11 is 0. The fourth-order valence-electron chi connectivity index (χ4n) is 2.71. The molecular weight excluding hydrogens is 290 g/mol. The number of nitrogens with one attached hydrogen (secondary N) is 2. The SMILES string of the molecule is CCc1cc(=O)[nH]c(Nc2ccc(N3CCN(C)CC3)cc2)n1. The second-order valence-electron chi connectivity index (χ2n) is 5.90. The second-order valence-corrected chi connectivity index (χ2v) is 5.90. The Morgan fingerprint density at radius 3 is 2.52 bits per heavy atom. The van der Waals surface area contributed by atoms with Gasteiger partial charge in [0.25, 0.3) is 5.56 Å². The van der Waals surface area contributed by atoms with Gasteiger partial charge >= 0.3 is 0 Å². The lowest BCUT2D eigenvalue weighted by atomic mass is 10.2. The zero-order chi connectivity index (χ0) is 16.2. The van der Waals surface area contributed by atoms with Gasteiger partial charge in [0.15, 0.2) is 0 Å². The van der Waals surface area contributed by atoms with Crippen LogP contribution in [-0.2, 0) is 6.42 Å². The molecule has 0 atom stereocenters. The van der Waals surface area contributed by atoms with E-state index >= 15 is 0 Å². The monoisotopic (exact) mass is 313 g/mol. The molecular formula is C17H23N5O. The van der Waals surface area contributed by atoms with Crippen LogP contribution in [0.4, 0.5) is 17.3 Å². The maximum absolute atomic E-state index is 11.6. The number of likely N-dealkylation sites (N-methyl/N-ethyl adjacent to an activating group) is 1. The topological polar surface area (TPSA) is 64.3 Å². The van der Waals surface area contributed by atoms with Crippen LogP contribution < -0.4 is 15.8 Å². The van der Waals surface area contributed by atoms with E-state index in [2.05, 4.69) is 44.3 Å². The maximum Gasteiger partial charge on any atom is 0.252 e. The largest absolute Gasteiger partial charge is 0.369 e. The minimum atomic E-state index is -0.131. The lowest BCUT2D eigenvalue weighted by Crippen LogP contribution is -2.44. The highest BCUT2D eigenvalue weighted by molar-refractivity contribution is 5.59. The summed E-state index contributed by atoms with van der Waals surface area (Å²) in [7, 11) is 2.16. The Balaban J connectivity index is 1.70. The van der Waals surface area contributed by atoms with E-state index in [9.17, 15) is 4.79 Å². The molecule has 0 radical (unpaired) electrons. The zero-order valence-corrected chi connectivity index (χ0v) is 13.7. The zero-order valence-electron chi connectivity index (χ0n) is 13.7. The van der Waals surface area contributed by atoms with E-state index in [1.54, 1.807) is 0 Å². The third-order valence-corrected chi connectivity index (χ3v) is 4.16. The lowest BCUT2D eigenvalue weighted by Gasteiger charge is -2.34. The molecule has 3 rings (SSSR count). The molecule has 6 nitrogen and oxygen atoms in total. The van der Waals surface area contributed by atoms with Crippen molar-refractivity contribution in [2.75, 3.05) is 43.4 Å². The van der Waals surface area contributed by atoms with Crippen molar-refractivity contribution < 1.29 is 0 Å². The first-order chi connectivity index (χ1) is 11.1. The molecule has 0 spiro atoms. The maximum atomic E-state index is 11.6. The molecule has 122 valence electrons. The van der Waals surface area contributed by atoms with Crippen LogP contribution in [0.5, 0.6) is 0 Å². The average molecular weight is 313 g/mol. The van der Waals surface area contributed by atoms with Crippen molar-refractivity contribution in [3.05, 3.63) is 46.4 Å². The summed E-state index contributed by atoms with van der Waals surface area (Å²) in [4.78, 5) is 23.4. The Morgan fingerprint density at radius 2 is 1.87 bits per heavy atom.